The van der Waals surface area contributed by atoms with E-state index in [1.807, 2.05) is 31.2 Å². The van der Waals surface area contributed by atoms with Crippen molar-refractivity contribution in [2.24, 2.45) is 0 Å². The van der Waals surface area contributed by atoms with Crippen molar-refractivity contribution in [2.75, 3.05) is 4.90 Å². The lowest BCUT2D eigenvalue weighted by molar-refractivity contribution is -0.121. The maximum atomic E-state index is 12.4. The van der Waals surface area contributed by atoms with Crippen LogP contribution in [0, 0.1) is 6.92 Å². The SMILES string of the molecule is Cc1ccc(N2C(=O)CC(NC3CCCC3)C2=O)cc1. The summed E-state index contributed by atoms with van der Waals surface area (Å²) in [7, 11) is 0. The summed E-state index contributed by atoms with van der Waals surface area (Å²) in [5, 5.41) is 3.36. The molecule has 1 saturated heterocycles. The molecule has 20 heavy (non-hydrogen) atoms. The van der Waals surface area contributed by atoms with Crippen LogP contribution in [0.25, 0.3) is 0 Å². The molecule has 1 aromatic rings. The molecule has 0 radical (unpaired) electrons. The van der Waals surface area contributed by atoms with Gasteiger partial charge >= 0.3 is 0 Å². The highest BCUT2D eigenvalue weighted by molar-refractivity contribution is 6.22. The summed E-state index contributed by atoms with van der Waals surface area (Å²) in [5.41, 5.74) is 1.80. The fraction of sp³-hybridized carbons (Fsp3) is 0.500. The first kappa shape index (κ1) is 13.3. The van der Waals surface area contributed by atoms with Gasteiger partial charge in [-0.1, -0.05) is 30.5 Å². The van der Waals surface area contributed by atoms with Crippen LogP contribution in [-0.2, 0) is 9.59 Å². The number of anilines is 1. The number of benzene rings is 1. The van der Waals surface area contributed by atoms with Crippen LogP contribution < -0.4 is 10.2 Å². The smallest absolute Gasteiger partial charge is 0.251 e. The summed E-state index contributed by atoms with van der Waals surface area (Å²) in [6.07, 6.45) is 4.94. The topological polar surface area (TPSA) is 49.4 Å². The third kappa shape index (κ3) is 2.48. The molecule has 0 spiro atoms. The number of amides is 2. The van der Waals surface area contributed by atoms with E-state index >= 15 is 0 Å². The second-order valence-corrected chi connectivity index (χ2v) is 5.81. The van der Waals surface area contributed by atoms with Crippen LogP contribution in [0.5, 0.6) is 0 Å². The molecule has 1 heterocycles. The third-order valence-corrected chi connectivity index (χ3v) is 4.23. The lowest BCUT2D eigenvalue weighted by Crippen LogP contribution is -2.42. The molecule has 0 bridgehead atoms. The van der Waals surface area contributed by atoms with Crippen LogP contribution in [0.4, 0.5) is 5.69 Å². The Balaban J connectivity index is 1.74. The van der Waals surface area contributed by atoms with Gasteiger partial charge in [0.15, 0.2) is 0 Å². The van der Waals surface area contributed by atoms with Crippen molar-refractivity contribution >= 4 is 17.5 Å². The number of hydrogen-bond acceptors (Lipinski definition) is 3. The molecule has 4 nitrogen and oxygen atoms in total. The molecule has 1 saturated carbocycles. The van der Waals surface area contributed by atoms with E-state index in [0.29, 0.717) is 11.7 Å². The molecular formula is C16H20N2O2. The summed E-state index contributed by atoms with van der Waals surface area (Å²) in [6.45, 7) is 1.99. The predicted molar refractivity (Wildman–Crippen MR) is 77.5 cm³/mol. The average Bonchev–Trinajstić information content (AvgIpc) is 3.02. The zero-order chi connectivity index (χ0) is 14.1. The zero-order valence-electron chi connectivity index (χ0n) is 11.8. The van der Waals surface area contributed by atoms with E-state index in [-0.39, 0.29) is 24.3 Å². The van der Waals surface area contributed by atoms with E-state index < -0.39 is 0 Å². The minimum atomic E-state index is -0.341. The molecule has 0 aromatic heterocycles. The van der Waals surface area contributed by atoms with Crippen molar-refractivity contribution in [3.63, 3.8) is 0 Å². The first-order valence-electron chi connectivity index (χ1n) is 7.34. The third-order valence-electron chi connectivity index (χ3n) is 4.23. The second kappa shape index (κ2) is 5.37. The summed E-state index contributed by atoms with van der Waals surface area (Å²) in [6, 6.07) is 7.58. The summed E-state index contributed by atoms with van der Waals surface area (Å²) < 4.78 is 0. The minimum Gasteiger partial charge on any atom is -0.303 e. The van der Waals surface area contributed by atoms with E-state index in [4.69, 9.17) is 0 Å². The van der Waals surface area contributed by atoms with Gasteiger partial charge in [0.1, 0.15) is 0 Å². The molecule has 1 aliphatic carbocycles. The standard InChI is InChI=1S/C16H20N2O2/c1-11-6-8-13(9-7-11)18-15(19)10-14(16(18)20)17-12-4-2-3-5-12/h6-9,12,14,17H,2-5,10H2,1H3. The average molecular weight is 272 g/mol. The molecule has 1 atom stereocenters. The molecule has 1 aromatic carbocycles. The molecule has 3 rings (SSSR count). The lowest BCUT2D eigenvalue weighted by Gasteiger charge is -2.18. The van der Waals surface area contributed by atoms with Crippen LogP contribution in [-0.4, -0.2) is 23.9 Å². The van der Waals surface area contributed by atoms with Gasteiger partial charge in [0.2, 0.25) is 5.91 Å². The van der Waals surface area contributed by atoms with E-state index in [1.54, 1.807) is 0 Å². The van der Waals surface area contributed by atoms with Crippen molar-refractivity contribution < 1.29 is 9.59 Å². The number of carbonyl (C=O) groups is 2. The number of nitrogens with zero attached hydrogens (tertiary/aromatic N) is 1. The van der Waals surface area contributed by atoms with Gasteiger partial charge in [-0.05, 0) is 31.9 Å². The first-order valence-corrected chi connectivity index (χ1v) is 7.34. The van der Waals surface area contributed by atoms with Crippen LogP contribution in [0.15, 0.2) is 24.3 Å². The molecule has 106 valence electrons. The highest BCUT2D eigenvalue weighted by atomic mass is 16.2. The normalized spacial score (nSPS) is 23.9. The Hall–Kier alpha value is -1.68. The molecule has 1 N–H and O–H groups in total. The van der Waals surface area contributed by atoms with Crippen molar-refractivity contribution in [1.82, 2.24) is 5.32 Å². The monoisotopic (exact) mass is 272 g/mol. The largest absolute Gasteiger partial charge is 0.303 e. The number of hydrogen-bond donors (Lipinski definition) is 1. The van der Waals surface area contributed by atoms with E-state index in [1.165, 1.54) is 17.7 Å². The van der Waals surface area contributed by atoms with Gasteiger partial charge in [-0.25, -0.2) is 4.90 Å². The summed E-state index contributed by atoms with van der Waals surface area (Å²) in [4.78, 5) is 25.9. The lowest BCUT2D eigenvalue weighted by atomic mass is 10.2. The van der Waals surface area contributed by atoms with E-state index in [2.05, 4.69) is 5.32 Å². The number of rotatable bonds is 3. The van der Waals surface area contributed by atoms with Gasteiger partial charge in [-0.15, -0.1) is 0 Å². The molecule has 2 aliphatic rings. The Morgan fingerprint density at radius 1 is 1.10 bits per heavy atom. The van der Waals surface area contributed by atoms with E-state index in [9.17, 15) is 9.59 Å². The van der Waals surface area contributed by atoms with Gasteiger partial charge in [-0.3, -0.25) is 9.59 Å². The number of carbonyl (C=O) groups excluding carboxylic acids is 2. The predicted octanol–water partition coefficient (Wildman–Crippen LogP) is 2.16. The van der Waals surface area contributed by atoms with Gasteiger partial charge < -0.3 is 5.32 Å². The Kier molecular flexibility index (Phi) is 3.57. The van der Waals surface area contributed by atoms with Crippen molar-refractivity contribution in [2.45, 2.75) is 51.1 Å². The maximum absolute atomic E-state index is 12.4. The second-order valence-electron chi connectivity index (χ2n) is 5.81. The van der Waals surface area contributed by atoms with Crippen LogP contribution >= 0.6 is 0 Å². The quantitative estimate of drug-likeness (QED) is 0.858. The number of imide groups is 1. The first-order chi connectivity index (χ1) is 9.65. The maximum Gasteiger partial charge on any atom is 0.251 e. The molecular weight excluding hydrogens is 252 g/mol. The van der Waals surface area contributed by atoms with Gasteiger partial charge in [0.05, 0.1) is 18.2 Å². The summed E-state index contributed by atoms with van der Waals surface area (Å²) in [5.74, 6) is -0.208. The van der Waals surface area contributed by atoms with Crippen molar-refractivity contribution in [1.29, 1.82) is 0 Å². The van der Waals surface area contributed by atoms with E-state index in [0.717, 1.165) is 18.4 Å². The number of aryl methyl sites for hydroxylation is 1. The van der Waals surface area contributed by atoms with Gasteiger partial charge in [0, 0.05) is 6.04 Å². The zero-order valence-corrected chi connectivity index (χ0v) is 11.8. The highest BCUT2D eigenvalue weighted by Gasteiger charge is 2.40. The van der Waals surface area contributed by atoms with Gasteiger partial charge in [0.25, 0.3) is 5.91 Å². The Labute approximate surface area is 119 Å². The van der Waals surface area contributed by atoms with Crippen LogP contribution in [0.3, 0.4) is 0 Å². The fourth-order valence-corrected chi connectivity index (χ4v) is 3.10. The Bertz CT molecular complexity index is 518. The van der Waals surface area contributed by atoms with Crippen LogP contribution in [0.2, 0.25) is 0 Å². The molecule has 1 unspecified atom stereocenters. The molecule has 2 amide bonds. The summed E-state index contributed by atoms with van der Waals surface area (Å²) >= 11 is 0. The van der Waals surface area contributed by atoms with Crippen molar-refractivity contribution in [3.8, 4) is 0 Å². The van der Waals surface area contributed by atoms with Crippen molar-refractivity contribution in [3.05, 3.63) is 29.8 Å². The van der Waals surface area contributed by atoms with Gasteiger partial charge in [-0.2, -0.15) is 0 Å². The number of nitrogens with one attached hydrogen (secondary N) is 1. The van der Waals surface area contributed by atoms with Crippen LogP contribution in [0.1, 0.15) is 37.7 Å². The molecule has 4 heteroatoms. The molecule has 2 fully saturated rings. The molecule has 1 aliphatic heterocycles. The Morgan fingerprint density at radius 3 is 2.40 bits per heavy atom. The Morgan fingerprint density at radius 2 is 1.75 bits per heavy atom. The fourth-order valence-electron chi connectivity index (χ4n) is 3.10. The highest BCUT2D eigenvalue weighted by Crippen LogP contribution is 2.25. The minimum absolute atomic E-state index is 0.102.